The van der Waals surface area contributed by atoms with E-state index in [0.29, 0.717) is 25.8 Å². The molecule has 6 rings (SSSR count). The van der Waals surface area contributed by atoms with Crippen LogP contribution in [0.2, 0.25) is 5.02 Å². The zero-order valence-corrected chi connectivity index (χ0v) is 18.2. The van der Waals surface area contributed by atoms with Gasteiger partial charge in [-0.25, -0.2) is 9.18 Å². The van der Waals surface area contributed by atoms with Gasteiger partial charge in [-0.05, 0) is 31.4 Å². The van der Waals surface area contributed by atoms with Crippen molar-refractivity contribution in [2.24, 2.45) is 5.92 Å². The fourth-order valence-corrected chi connectivity index (χ4v) is 5.66. The highest BCUT2D eigenvalue weighted by atomic mass is 35.5. The van der Waals surface area contributed by atoms with E-state index in [2.05, 4.69) is 5.32 Å². The van der Waals surface area contributed by atoms with E-state index >= 15 is 0 Å². The van der Waals surface area contributed by atoms with Crippen molar-refractivity contribution in [2.75, 3.05) is 32.8 Å². The number of likely N-dealkylation sites (tertiary alicyclic amines) is 1. The molecule has 5 aliphatic rings. The summed E-state index contributed by atoms with van der Waals surface area (Å²) in [4.78, 5) is 27.6. The molecule has 2 saturated heterocycles. The zero-order chi connectivity index (χ0) is 23.6. The highest BCUT2D eigenvalue weighted by Gasteiger charge is 2.73. The third-order valence-corrected chi connectivity index (χ3v) is 7.30. The summed E-state index contributed by atoms with van der Waals surface area (Å²) in [6, 6.07) is 3.91. The van der Waals surface area contributed by atoms with Gasteiger partial charge in [-0.2, -0.15) is 13.2 Å². The molecule has 33 heavy (non-hydrogen) atoms. The number of carbonyl (C=O) groups is 2. The van der Waals surface area contributed by atoms with Crippen LogP contribution in [-0.2, 0) is 9.53 Å². The quantitative estimate of drug-likeness (QED) is 0.594. The van der Waals surface area contributed by atoms with Crippen molar-refractivity contribution in [3.05, 3.63) is 29.0 Å². The number of carbonyl (C=O) groups excluding carboxylic acids is 2. The fourth-order valence-electron chi connectivity index (χ4n) is 5.55. The van der Waals surface area contributed by atoms with Gasteiger partial charge >= 0.3 is 12.3 Å². The number of halogens is 5. The van der Waals surface area contributed by atoms with Gasteiger partial charge in [0, 0.05) is 30.6 Å². The molecule has 5 fully saturated rings. The minimum atomic E-state index is -4.23. The summed E-state index contributed by atoms with van der Waals surface area (Å²) in [5.41, 5.74) is -0.765. The van der Waals surface area contributed by atoms with Crippen LogP contribution in [-0.4, -0.2) is 77.9 Å². The first-order valence-corrected chi connectivity index (χ1v) is 11.0. The maximum atomic E-state index is 13.5. The minimum absolute atomic E-state index is 0.0374. The van der Waals surface area contributed by atoms with E-state index in [1.807, 2.05) is 0 Å². The molecule has 2 aliphatic heterocycles. The number of nitrogens with one attached hydrogen (secondary N) is 1. The Morgan fingerprint density at radius 3 is 2.58 bits per heavy atom. The lowest BCUT2D eigenvalue weighted by Crippen LogP contribution is -2.84. The lowest BCUT2D eigenvalue weighted by atomic mass is 9.43. The summed E-state index contributed by atoms with van der Waals surface area (Å²) in [6.45, 7) is -0.347. The van der Waals surface area contributed by atoms with Gasteiger partial charge in [0.25, 0.3) is 5.91 Å². The molecule has 2 amide bonds. The molecule has 3 saturated carbocycles. The van der Waals surface area contributed by atoms with Crippen LogP contribution in [0.25, 0.3) is 0 Å². The van der Waals surface area contributed by atoms with Gasteiger partial charge in [-0.1, -0.05) is 11.6 Å². The average Bonchev–Trinajstić information content (AvgIpc) is 3.01. The van der Waals surface area contributed by atoms with E-state index in [1.165, 1.54) is 17.0 Å². The largest absolute Gasteiger partial charge is 0.484 e. The van der Waals surface area contributed by atoms with E-state index in [4.69, 9.17) is 21.1 Å². The number of alkyl halides is 3. The highest BCUT2D eigenvalue weighted by molar-refractivity contribution is 6.30. The molecular formula is C21H22ClF4N3O4. The second-order valence-electron chi connectivity index (χ2n) is 9.55. The van der Waals surface area contributed by atoms with E-state index < -0.39 is 36.3 Å². The third kappa shape index (κ3) is 4.21. The number of hydrogen-bond acceptors (Lipinski definition) is 5. The van der Waals surface area contributed by atoms with Crippen LogP contribution in [0.5, 0.6) is 5.75 Å². The number of rotatable bonds is 7. The topological polar surface area (TPSA) is 71.1 Å². The Morgan fingerprint density at radius 2 is 1.94 bits per heavy atom. The molecule has 2 heterocycles. The second-order valence-corrected chi connectivity index (χ2v) is 9.96. The molecule has 0 spiro atoms. The maximum Gasteiger partial charge on any atom is 0.410 e. The number of hydrogen-bond donors (Lipinski definition) is 1. The number of amides is 2. The molecule has 180 valence electrons. The Labute approximate surface area is 191 Å². The Kier molecular flexibility index (Phi) is 5.20. The molecular weight excluding hydrogens is 470 g/mol. The Morgan fingerprint density at radius 1 is 1.24 bits per heavy atom. The molecule has 1 aromatic rings. The molecule has 1 N–H and O–H groups in total. The van der Waals surface area contributed by atoms with Crippen LogP contribution in [0.4, 0.5) is 22.4 Å². The molecule has 0 unspecified atom stereocenters. The van der Waals surface area contributed by atoms with Crippen molar-refractivity contribution in [1.82, 2.24) is 15.1 Å². The van der Waals surface area contributed by atoms with Crippen molar-refractivity contribution in [3.8, 4) is 5.75 Å². The highest BCUT2D eigenvalue weighted by Crippen LogP contribution is 2.64. The lowest BCUT2D eigenvalue weighted by Gasteiger charge is -2.72. The van der Waals surface area contributed by atoms with Gasteiger partial charge in [0.1, 0.15) is 17.7 Å². The van der Waals surface area contributed by atoms with Gasteiger partial charge < -0.3 is 14.8 Å². The summed E-state index contributed by atoms with van der Waals surface area (Å²) in [5, 5.41) is 2.89. The van der Waals surface area contributed by atoms with Gasteiger partial charge in [0.2, 0.25) is 0 Å². The van der Waals surface area contributed by atoms with Crippen LogP contribution in [0.1, 0.15) is 19.3 Å². The first-order chi connectivity index (χ1) is 15.5. The molecule has 0 aromatic heterocycles. The van der Waals surface area contributed by atoms with E-state index in [9.17, 15) is 27.2 Å². The van der Waals surface area contributed by atoms with Crippen molar-refractivity contribution >= 4 is 23.6 Å². The number of cyclic esters (lactones) is 1. The monoisotopic (exact) mass is 491 g/mol. The summed E-state index contributed by atoms with van der Waals surface area (Å²) < 4.78 is 61.6. The van der Waals surface area contributed by atoms with E-state index in [1.54, 1.807) is 4.90 Å². The average molecular weight is 492 g/mol. The zero-order valence-electron chi connectivity index (χ0n) is 17.5. The number of nitrogens with zero attached hydrogens (tertiary/aromatic N) is 2. The van der Waals surface area contributed by atoms with Crippen LogP contribution < -0.4 is 10.1 Å². The first-order valence-electron chi connectivity index (χ1n) is 10.6. The van der Waals surface area contributed by atoms with E-state index in [-0.39, 0.29) is 47.8 Å². The van der Waals surface area contributed by atoms with Crippen molar-refractivity contribution in [2.45, 2.75) is 42.6 Å². The van der Waals surface area contributed by atoms with Crippen molar-refractivity contribution < 1.29 is 36.6 Å². The lowest BCUT2D eigenvalue weighted by molar-refractivity contribution is -0.168. The fraction of sp³-hybridized carbons (Fsp3) is 0.619. The third-order valence-electron chi connectivity index (χ3n) is 6.99. The summed E-state index contributed by atoms with van der Waals surface area (Å²) in [6.07, 6.45) is -3.31. The summed E-state index contributed by atoms with van der Waals surface area (Å²) >= 11 is 5.62. The number of benzene rings is 1. The van der Waals surface area contributed by atoms with Gasteiger partial charge in [-0.15, -0.1) is 0 Å². The van der Waals surface area contributed by atoms with E-state index in [0.717, 1.165) is 6.07 Å². The molecule has 2 bridgehead atoms. The van der Waals surface area contributed by atoms with Crippen molar-refractivity contribution in [3.63, 3.8) is 0 Å². The SMILES string of the molecule is O=C(COc1ccc(Cl)c(F)c1)NC12CC(N3C[C@@H](C4CN(CC(F)(F)F)C4)OC3=O)(C1)C2. The van der Waals surface area contributed by atoms with Gasteiger partial charge in [0.15, 0.2) is 6.61 Å². The first kappa shape index (κ1) is 22.5. The molecule has 0 radical (unpaired) electrons. The predicted octanol–water partition coefficient (Wildman–Crippen LogP) is 2.96. The molecule has 3 aliphatic carbocycles. The normalized spacial score (nSPS) is 31.4. The molecule has 12 heteroatoms. The molecule has 7 nitrogen and oxygen atoms in total. The minimum Gasteiger partial charge on any atom is -0.484 e. The second kappa shape index (κ2) is 7.63. The maximum absolute atomic E-state index is 13.5. The Bertz CT molecular complexity index is 965. The summed E-state index contributed by atoms with van der Waals surface area (Å²) in [5.74, 6) is -0.893. The Balaban J connectivity index is 1.06. The van der Waals surface area contributed by atoms with Gasteiger partial charge in [-0.3, -0.25) is 14.6 Å². The van der Waals surface area contributed by atoms with Crippen LogP contribution in [0.15, 0.2) is 18.2 Å². The van der Waals surface area contributed by atoms with Crippen molar-refractivity contribution in [1.29, 1.82) is 0 Å². The molecule has 1 atom stereocenters. The van der Waals surface area contributed by atoms with Gasteiger partial charge in [0.05, 0.1) is 23.7 Å². The van der Waals surface area contributed by atoms with Crippen LogP contribution >= 0.6 is 11.6 Å². The van der Waals surface area contributed by atoms with Crippen LogP contribution in [0, 0.1) is 11.7 Å². The standard InChI is InChI=1S/C21H22ClF4N3O4/c22-14-2-1-13(3-15(14)23)32-7-17(30)27-19-8-20(9-19,10-19)29-6-16(33-18(29)31)12-4-28(5-12)11-21(24,25)26/h1-3,12,16H,4-11H2,(H,27,30)/t16-,19?,20?/m0/s1. The Hall–Kier alpha value is -2.27. The number of ether oxygens (including phenoxy) is 2. The smallest absolute Gasteiger partial charge is 0.410 e. The predicted molar refractivity (Wildman–Crippen MR) is 107 cm³/mol. The van der Waals surface area contributed by atoms with Crippen LogP contribution in [0.3, 0.4) is 0 Å². The summed E-state index contributed by atoms with van der Waals surface area (Å²) in [7, 11) is 0. The molecule has 1 aromatic carbocycles.